The van der Waals surface area contributed by atoms with E-state index in [2.05, 4.69) is 13.1 Å². The Bertz CT molecular complexity index is 1390. The SMILES string of the molecule is O=c1[nH]c(=O)n(Cc2ccc(F)cc2)cc1[C@@H]1O[C@H](COP(=O)(O)OP(=O)(O)OP(=O)(O)O)[C@@H](O)[C@H]1O. The van der Waals surface area contributed by atoms with Crippen molar-refractivity contribution in [2.24, 2.45) is 0 Å². The highest BCUT2D eigenvalue weighted by Gasteiger charge is 2.47. The van der Waals surface area contributed by atoms with Crippen molar-refractivity contribution in [1.29, 1.82) is 0 Å². The van der Waals surface area contributed by atoms with Crippen LogP contribution in [0, 0.1) is 5.82 Å². The summed E-state index contributed by atoms with van der Waals surface area (Å²) >= 11 is 0. The van der Waals surface area contributed by atoms with Gasteiger partial charge in [0.1, 0.15) is 30.2 Å². The van der Waals surface area contributed by atoms with Gasteiger partial charge >= 0.3 is 29.2 Å². The van der Waals surface area contributed by atoms with E-state index >= 15 is 0 Å². The number of nitrogens with one attached hydrogen (secondary N) is 1. The van der Waals surface area contributed by atoms with Crippen molar-refractivity contribution in [3.05, 3.63) is 68.2 Å². The Morgan fingerprint density at radius 2 is 1.59 bits per heavy atom. The Labute approximate surface area is 205 Å². The van der Waals surface area contributed by atoms with Crippen LogP contribution < -0.4 is 11.2 Å². The molecule has 0 amide bonds. The number of H-pyrrole nitrogens is 1. The summed E-state index contributed by atoms with van der Waals surface area (Å²) in [5.41, 5.74) is -1.71. The Kier molecular flexibility index (Phi) is 8.89. The van der Waals surface area contributed by atoms with Crippen molar-refractivity contribution in [2.75, 3.05) is 6.61 Å². The van der Waals surface area contributed by atoms with Gasteiger partial charge in [0.2, 0.25) is 0 Å². The van der Waals surface area contributed by atoms with E-state index in [9.17, 15) is 42.8 Å². The molecule has 21 heteroatoms. The van der Waals surface area contributed by atoms with E-state index in [4.69, 9.17) is 19.4 Å². The van der Waals surface area contributed by atoms with Crippen LogP contribution in [-0.2, 0) is 38.1 Å². The van der Waals surface area contributed by atoms with Crippen LogP contribution >= 0.6 is 23.5 Å². The van der Waals surface area contributed by atoms with E-state index in [1.165, 1.54) is 12.1 Å². The lowest BCUT2D eigenvalue weighted by Crippen LogP contribution is -2.36. The fourth-order valence-corrected chi connectivity index (χ4v) is 6.28. The second-order valence-corrected chi connectivity index (χ2v) is 12.0. The van der Waals surface area contributed by atoms with Gasteiger partial charge in [-0.3, -0.25) is 18.9 Å². The van der Waals surface area contributed by atoms with Crippen LogP contribution in [0.25, 0.3) is 0 Å². The smallest absolute Gasteiger partial charge is 0.387 e. The first-order chi connectivity index (χ1) is 17.0. The van der Waals surface area contributed by atoms with Crippen molar-refractivity contribution in [3.8, 4) is 0 Å². The minimum absolute atomic E-state index is 0.121. The zero-order valence-corrected chi connectivity index (χ0v) is 20.8. The monoisotopic (exact) mass is 592 g/mol. The van der Waals surface area contributed by atoms with E-state index in [-0.39, 0.29) is 12.1 Å². The molecule has 1 fully saturated rings. The summed E-state index contributed by atoms with van der Waals surface area (Å²) < 4.78 is 64.9. The van der Waals surface area contributed by atoms with Crippen molar-refractivity contribution < 1.29 is 65.8 Å². The summed E-state index contributed by atoms with van der Waals surface area (Å²) in [6.45, 7) is -1.21. The standard InChI is InChI=1S/C16H20FN2O15P3/c17-9-3-1-8(2-4-9)5-19-6-10(15(22)18-16(19)23)14-13(21)12(20)11(32-14)7-31-36(27,28)34-37(29,30)33-35(24,25)26/h1-4,6,11-14,20-21H,5,7H2,(H,27,28)(H,29,30)(H,18,22,23)(H2,24,25,26)/t11-,12-,13-,14+/m1/s1. The molecule has 37 heavy (non-hydrogen) atoms. The van der Waals surface area contributed by atoms with Crippen LogP contribution in [0.2, 0.25) is 0 Å². The third-order valence-corrected chi connectivity index (χ3v) is 8.59. The van der Waals surface area contributed by atoms with Crippen molar-refractivity contribution in [1.82, 2.24) is 9.55 Å². The van der Waals surface area contributed by atoms with E-state index < -0.39 is 71.6 Å². The molecule has 3 rings (SSSR count). The molecular weight excluding hydrogens is 572 g/mol. The number of ether oxygens (including phenoxy) is 1. The summed E-state index contributed by atoms with van der Waals surface area (Å²) in [5.74, 6) is -0.517. The molecule has 7 N–H and O–H groups in total. The van der Waals surface area contributed by atoms with Gasteiger partial charge in [-0.15, -0.1) is 0 Å². The van der Waals surface area contributed by atoms with E-state index in [0.29, 0.717) is 5.56 Å². The minimum Gasteiger partial charge on any atom is -0.387 e. The third-order valence-electron chi connectivity index (χ3n) is 4.79. The lowest BCUT2D eigenvalue weighted by atomic mass is 10.0. The second kappa shape index (κ2) is 11.1. The summed E-state index contributed by atoms with van der Waals surface area (Å²) in [5, 5.41) is 20.6. The average Bonchev–Trinajstić information content (AvgIpc) is 3.01. The molecule has 1 aliphatic rings. The van der Waals surface area contributed by atoms with Crippen LogP contribution in [0.5, 0.6) is 0 Å². The van der Waals surface area contributed by atoms with Gasteiger partial charge in [0.05, 0.1) is 18.7 Å². The fourth-order valence-electron chi connectivity index (χ4n) is 3.25. The zero-order chi connectivity index (χ0) is 27.8. The van der Waals surface area contributed by atoms with Gasteiger partial charge < -0.3 is 34.5 Å². The maximum absolute atomic E-state index is 13.1. The van der Waals surface area contributed by atoms with Gasteiger partial charge in [-0.1, -0.05) is 12.1 Å². The number of hydrogen-bond acceptors (Lipinski definition) is 11. The van der Waals surface area contributed by atoms with E-state index in [1.807, 2.05) is 4.98 Å². The van der Waals surface area contributed by atoms with Gasteiger partial charge in [-0.2, -0.15) is 8.62 Å². The van der Waals surface area contributed by atoms with Crippen molar-refractivity contribution in [3.63, 3.8) is 0 Å². The first kappa shape index (κ1) is 29.7. The van der Waals surface area contributed by atoms with Gasteiger partial charge in [0.15, 0.2) is 0 Å². The highest BCUT2D eigenvalue weighted by Crippen LogP contribution is 2.66. The molecular formula is C16H20FN2O15P3. The van der Waals surface area contributed by atoms with Gasteiger partial charge in [0, 0.05) is 6.20 Å². The van der Waals surface area contributed by atoms with Gasteiger partial charge in [-0.05, 0) is 17.7 Å². The molecule has 0 aliphatic carbocycles. The fraction of sp³-hybridized carbons (Fsp3) is 0.375. The third kappa shape index (κ3) is 8.05. The zero-order valence-electron chi connectivity index (χ0n) is 18.1. The number of aliphatic hydroxyl groups is 2. The number of phosphoric ester groups is 1. The Morgan fingerprint density at radius 3 is 2.19 bits per heavy atom. The number of hydrogen-bond donors (Lipinski definition) is 7. The minimum atomic E-state index is -5.79. The molecule has 1 aromatic carbocycles. The molecule has 206 valence electrons. The quantitative estimate of drug-likeness (QED) is 0.167. The summed E-state index contributed by atoms with van der Waals surface area (Å²) in [6, 6.07) is 5.07. The number of aliphatic hydroxyl groups excluding tert-OH is 2. The predicted octanol–water partition coefficient (Wildman–Crippen LogP) is -0.771. The largest absolute Gasteiger partial charge is 0.490 e. The van der Waals surface area contributed by atoms with E-state index in [1.54, 1.807) is 0 Å². The van der Waals surface area contributed by atoms with Crippen LogP contribution in [0.15, 0.2) is 40.1 Å². The molecule has 2 unspecified atom stereocenters. The van der Waals surface area contributed by atoms with Crippen molar-refractivity contribution in [2.45, 2.75) is 31.0 Å². The van der Waals surface area contributed by atoms with Crippen LogP contribution in [0.4, 0.5) is 4.39 Å². The lowest BCUT2D eigenvalue weighted by Gasteiger charge is -2.19. The number of halogens is 1. The second-order valence-electron chi connectivity index (χ2n) is 7.56. The van der Waals surface area contributed by atoms with E-state index in [0.717, 1.165) is 22.9 Å². The summed E-state index contributed by atoms with van der Waals surface area (Å²) in [6.07, 6.45) is -5.88. The molecule has 1 aromatic heterocycles. The topological polar surface area (TPSA) is 264 Å². The highest BCUT2D eigenvalue weighted by atomic mass is 31.3. The number of aromatic nitrogens is 2. The number of benzene rings is 1. The van der Waals surface area contributed by atoms with Gasteiger partial charge in [0.25, 0.3) is 5.56 Å². The molecule has 0 radical (unpaired) electrons. The number of phosphoric acid groups is 3. The Balaban J connectivity index is 1.74. The maximum Gasteiger partial charge on any atom is 0.490 e. The predicted molar refractivity (Wildman–Crippen MR) is 116 cm³/mol. The number of nitrogens with zero attached hydrogens (tertiary/aromatic N) is 1. The summed E-state index contributed by atoms with van der Waals surface area (Å²) in [7, 11) is -16.9. The Morgan fingerprint density at radius 1 is 0.973 bits per heavy atom. The van der Waals surface area contributed by atoms with Crippen molar-refractivity contribution >= 4 is 23.5 Å². The molecule has 1 aliphatic heterocycles. The first-order valence-electron chi connectivity index (χ1n) is 9.84. The molecule has 17 nitrogen and oxygen atoms in total. The molecule has 2 aromatic rings. The van der Waals surface area contributed by atoms with Crippen LogP contribution in [-0.4, -0.2) is 64.3 Å². The highest BCUT2D eigenvalue weighted by molar-refractivity contribution is 7.66. The summed E-state index contributed by atoms with van der Waals surface area (Å²) in [4.78, 5) is 62.3. The van der Waals surface area contributed by atoms with Gasteiger partial charge in [-0.25, -0.2) is 22.9 Å². The number of aromatic amines is 1. The van der Waals surface area contributed by atoms with Crippen LogP contribution in [0.1, 0.15) is 17.2 Å². The molecule has 6 atom stereocenters. The lowest BCUT2D eigenvalue weighted by molar-refractivity contribution is -0.0228. The molecule has 0 bridgehead atoms. The first-order valence-corrected chi connectivity index (χ1v) is 14.4. The normalized spacial score (nSPS) is 25.5. The maximum atomic E-state index is 13.1. The average molecular weight is 592 g/mol. The van der Waals surface area contributed by atoms with Crippen LogP contribution in [0.3, 0.4) is 0 Å². The Hall–Kier alpha value is -1.88. The molecule has 2 heterocycles. The molecule has 1 saturated heterocycles. The number of rotatable bonds is 10. The molecule has 0 saturated carbocycles. The molecule has 0 spiro atoms.